The molecule has 4 N–H and O–H groups in total. The Kier molecular flexibility index (Phi) is 10.2. The average Bonchev–Trinajstić information content (AvgIpc) is 2.80. The summed E-state index contributed by atoms with van der Waals surface area (Å²) >= 11 is 6.03. The highest BCUT2D eigenvalue weighted by atomic mass is 35.5. The summed E-state index contributed by atoms with van der Waals surface area (Å²) in [5.41, 5.74) is 0.714. The summed E-state index contributed by atoms with van der Waals surface area (Å²) in [5, 5.41) is 10.8. The van der Waals surface area contributed by atoms with Crippen LogP contribution in [0.15, 0.2) is 36.5 Å². The van der Waals surface area contributed by atoms with Crippen molar-refractivity contribution >= 4 is 46.8 Å². The van der Waals surface area contributed by atoms with E-state index in [-0.39, 0.29) is 25.4 Å². The van der Waals surface area contributed by atoms with E-state index in [0.29, 0.717) is 35.1 Å². The average molecular weight is 475 g/mol. The first-order chi connectivity index (χ1) is 15.9. The fraction of sp³-hybridized carbons (Fsp3) is 0.286. The van der Waals surface area contributed by atoms with Crippen LogP contribution in [0.3, 0.4) is 0 Å². The lowest BCUT2D eigenvalue weighted by Gasteiger charge is -2.14. The molecule has 0 saturated carbocycles. The van der Waals surface area contributed by atoms with Crippen molar-refractivity contribution in [1.82, 2.24) is 15.6 Å². The van der Waals surface area contributed by atoms with Gasteiger partial charge < -0.3 is 25.4 Å². The Labute approximate surface area is 195 Å². The molecule has 2 aromatic rings. The topological polar surface area (TPSA) is 135 Å². The highest BCUT2D eigenvalue weighted by Gasteiger charge is 2.10. The highest BCUT2D eigenvalue weighted by Crippen LogP contribution is 2.28. The minimum Gasteiger partial charge on any atom is -0.491 e. The number of carbonyl (C=O) groups excluding carboxylic acids is 3. The molecule has 4 amide bonds. The van der Waals surface area contributed by atoms with Crippen molar-refractivity contribution in [2.45, 2.75) is 12.8 Å². The monoisotopic (exact) mass is 474 g/mol. The lowest BCUT2D eigenvalue weighted by molar-refractivity contribution is -0.140. The zero-order valence-electron chi connectivity index (χ0n) is 17.8. The summed E-state index contributed by atoms with van der Waals surface area (Å²) in [4.78, 5) is 42.2. The predicted molar refractivity (Wildman–Crippen MR) is 123 cm³/mol. The first-order valence-electron chi connectivity index (χ1n) is 9.83. The number of aromatic nitrogens is 1. The molecule has 0 unspecified atom stereocenters. The molecule has 174 valence electrons. The molecule has 2 rings (SSSR count). The number of hydrogen-bond acceptors (Lipinski definition) is 6. The molecule has 0 bridgehead atoms. The van der Waals surface area contributed by atoms with Crippen molar-refractivity contribution in [2.24, 2.45) is 0 Å². The molecular formula is C21H23ClN6O5. The second-order valence-corrected chi connectivity index (χ2v) is 6.88. The second kappa shape index (κ2) is 13.4. The second-order valence-electron chi connectivity index (χ2n) is 6.44. The number of rotatable bonds is 10. The summed E-state index contributed by atoms with van der Waals surface area (Å²) in [6.45, 7) is 7.70. The van der Waals surface area contributed by atoms with Crippen LogP contribution in [0.5, 0.6) is 5.75 Å². The van der Waals surface area contributed by atoms with Gasteiger partial charge in [-0.25, -0.2) is 14.4 Å². The van der Waals surface area contributed by atoms with E-state index in [4.69, 9.17) is 22.9 Å². The Bertz CT molecular complexity index is 1010. The van der Waals surface area contributed by atoms with Gasteiger partial charge in [0, 0.05) is 24.3 Å². The van der Waals surface area contributed by atoms with Crippen LogP contribution < -0.4 is 26.0 Å². The number of nitrogens with one attached hydrogen (secondary N) is 4. The van der Waals surface area contributed by atoms with E-state index in [1.54, 1.807) is 18.2 Å². The molecule has 1 heterocycles. The quantitative estimate of drug-likeness (QED) is 0.236. The molecule has 0 spiro atoms. The molecule has 11 nitrogen and oxygen atoms in total. The Hall–Kier alpha value is -4.04. The first-order valence-corrected chi connectivity index (χ1v) is 10.2. The van der Waals surface area contributed by atoms with E-state index in [9.17, 15) is 14.4 Å². The van der Waals surface area contributed by atoms with E-state index in [0.717, 1.165) is 0 Å². The van der Waals surface area contributed by atoms with Crippen LogP contribution in [-0.2, 0) is 9.53 Å². The third-order valence-corrected chi connectivity index (χ3v) is 4.25. The van der Waals surface area contributed by atoms with Gasteiger partial charge in [0.25, 0.3) is 0 Å². The number of halogens is 1. The van der Waals surface area contributed by atoms with Crippen molar-refractivity contribution in [3.05, 3.63) is 53.0 Å². The van der Waals surface area contributed by atoms with Gasteiger partial charge in [0.1, 0.15) is 11.6 Å². The fourth-order valence-electron chi connectivity index (χ4n) is 2.42. The van der Waals surface area contributed by atoms with Gasteiger partial charge in [0.15, 0.2) is 0 Å². The number of amides is 4. The van der Waals surface area contributed by atoms with Crippen molar-refractivity contribution in [3.8, 4) is 5.75 Å². The molecule has 0 fully saturated rings. The van der Waals surface area contributed by atoms with E-state index in [1.165, 1.54) is 25.4 Å². The first kappa shape index (κ1) is 25.2. The van der Waals surface area contributed by atoms with E-state index >= 15 is 0 Å². The molecule has 0 saturated heterocycles. The maximum Gasteiger partial charge on any atom is 0.324 e. The van der Waals surface area contributed by atoms with Crippen molar-refractivity contribution < 1.29 is 23.9 Å². The SMILES string of the molecule is [C-]#[N+]c1ccc(NC(=O)Nc2cc(Cl)ccc2OCCCNC(=O)NCCC(=O)OC)nc1. The van der Waals surface area contributed by atoms with E-state index in [2.05, 4.69) is 35.8 Å². The third-order valence-electron chi connectivity index (χ3n) is 4.01. The molecule has 0 aliphatic carbocycles. The number of esters is 1. The van der Waals surface area contributed by atoms with Gasteiger partial charge in [-0.2, -0.15) is 0 Å². The maximum absolute atomic E-state index is 12.3. The van der Waals surface area contributed by atoms with Gasteiger partial charge in [-0.3, -0.25) is 15.1 Å². The van der Waals surface area contributed by atoms with Gasteiger partial charge in [-0.05, 0) is 30.7 Å². The van der Waals surface area contributed by atoms with Gasteiger partial charge in [0.05, 0.1) is 32.4 Å². The summed E-state index contributed by atoms with van der Waals surface area (Å²) in [6, 6.07) is 6.88. The summed E-state index contributed by atoms with van der Waals surface area (Å²) in [6.07, 6.45) is 1.94. The Balaban J connectivity index is 1.78. The van der Waals surface area contributed by atoms with Crippen LogP contribution in [0.4, 0.5) is 26.8 Å². The molecule has 0 aliphatic rings. The lowest BCUT2D eigenvalue weighted by Crippen LogP contribution is -2.37. The summed E-state index contributed by atoms with van der Waals surface area (Å²) in [7, 11) is 1.28. The number of carbonyl (C=O) groups is 3. The number of hydrogen-bond donors (Lipinski definition) is 4. The minimum absolute atomic E-state index is 0.0926. The standard InChI is InChI=1S/C21H23ClN6O5/c1-23-15-5-7-18(26-13-15)28-21(31)27-16-12-14(22)4-6-17(16)33-11-3-9-24-20(30)25-10-8-19(29)32-2/h4-7,12-13H,3,8-11H2,2H3,(H2,24,25,30)(H2,26,27,28,31). The van der Waals surface area contributed by atoms with Gasteiger partial charge >= 0.3 is 18.0 Å². The predicted octanol–water partition coefficient (Wildman–Crippen LogP) is 3.56. The van der Waals surface area contributed by atoms with Crippen LogP contribution >= 0.6 is 11.6 Å². The summed E-state index contributed by atoms with van der Waals surface area (Å²) in [5.74, 6) is 0.271. The number of anilines is 2. The smallest absolute Gasteiger partial charge is 0.324 e. The molecule has 12 heteroatoms. The van der Waals surface area contributed by atoms with E-state index in [1.807, 2.05) is 0 Å². The number of nitrogens with zero attached hydrogens (tertiary/aromatic N) is 2. The number of benzene rings is 1. The largest absolute Gasteiger partial charge is 0.491 e. The lowest BCUT2D eigenvalue weighted by atomic mass is 10.3. The van der Waals surface area contributed by atoms with Gasteiger partial charge in [-0.15, -0.1) is 0 Å². The maximum atomic E-state index is 12.3. The third kappa shape index (κ3) is 9.32. The van der Waals surface area contributed by atoms with Gasteiger partial charge in [0.2, 0.25) is 5.69 Å². The molecule has 0 radical (unpaired) electrons. The number of urea groups is 2. The molecule has 0 atom stereocenters. The Morgan fingerprint density at radius 3 is 2.58 bits per heavy atom. The van der Waals surface area contributed by atoms with Crippen LogP contribution in [-0.4, -0.2) is 49.8 Å². The minimum atomic E-state index is -0.560. The highest BCUT2D eigenvalue weighted by molar-refractivity contribution is 6.31. The van der Waals surface area contributed by atoms with Crippen molar-refractivity contribution in [2.75, 3.05) is 37.4 Å². The zero-order valence-corrected chi connectivity index (χ0v) is 18.6. The van der Waals surface area contributed by atoms with Crippen molar-refractivity contribution in [1.29, 1.82) is 0 Å². The van der Waals surface area contributed by atoms with Crippen molar-refractivity contribution in [3.63, 3.8) is 0 Å². The van der Waals surface area contributed by atoms with Crippen LogP contribution in [0.1, 0.15) is 12.8 Å². The van der Waals surface area contributed by atoms with Crippen LogP contribution in [0.25, 0.3) is 4.85 Å². The van der Waals surface area contributed by atoms with Crippen LogP contribution in [0, 0.1) is 6.57 Å². The van der Waals surface area contributed by atoms with Gasteiger partial charge in [-0.1, -0.05) is 17.7 Å². The Morgan fingerprint density at radius 1 is 1.09 bits per heavy atom. The molecule has 1 aromatic heterocycles. The molecular weight excluding hydrogens is 452 g/mol. The Morgan fingerprint density at radius 2 is 1.88 bits per heavy atom. The molecule has 0 aliphatic heterocycles. The van der Waals surface area contributed by atoms with E-state index < -0.39 is 18.0 Å². The molecule has 1 aromatic carbocycles. The normalized spacial score (nSPS) is 9.85. The van der Waals surface area contributed by atoms with Crippen LogP contribution in [0.2, 0.25) is 5.02 Å². The fourth-order valence-corrected chi connectivity index (χ4v) is 2.59. The molecule has 33 heavy (non-hydrogen) atoms. The zero-order chi connectivity index (χ0) is 24.1. The summed E-state index contributed by atoms with van der Waals surface area (Å²) < 4.78 is 10.2. The number of pyridine rings is 1. The number of methoxy groups -OCH3 is 1. The number of ether oxygens (including phenoxy) is 2.